The fourth-order valence-electron chi connectivity index (χ4n) is 3.84. The van der Waals surface area contributed by atoms with Crippen molar-refractivity contribution in [2.24, 2.45) is 5.92 Å². The molecule has 0 amide bonds. The zero-order valence-electron chi connectivity index (χ0n) is 13.0. The molecular formula is C17H25NO2S2. The average Bonchev–Trinajstić information content (AvgIpc) is 3.16. The summed E-state index contributed by atoms with van der Waals surface area (Å²) in [4.78, 5) is 2.58. The molecule has 122 valence electrons. The van der Waals surface area contributed by atoms with Crippen molar-refractivity contribution < 1.29 is 9.47 Å². The number of thioether (sulfide) groups is 1. The standard InChI is InChI=1S/C17H25NO2S2/c1-4-19-5-2-14(1)9-20-16-7-17(22-11-16)12-18(13-17)8-15-3-6-21-10-15/h3,6,10,14,16H,1-2,4-5,7-9,11-13H2/t16-/m1/s1. The van der Waals surface area contributed by atoms with Crippen LogP contribution >= 0.6 is 23.1 Å². The molecule has 1 aromatic rings. The van der Waals surface area contributed by atoms with Crippen LogP contribution in [0.5, 0.6) is 0 Å². The average molecular weight is 340 g/mol. The van der Waals surface area contributed by atoms with E-state index in [1.165, 1.54) is 43.7 Å². The van der Waals surface area contributed by atoms with Gasteiger partial charge in [-0.15, -0.1) is 11.8 Å². The van der Waals surface area contributed by atoms with E-state index in [0.29, 0.717) is 10.9 Å². The lowest BCUT2D eigenvalue weighted by Crippen LogP contribution is -2.58. The molecule has 3 nitrogen and oxygen atoms in total. The second kappa shape index (κ2) is 6.81. The van der Waals surface area contributed by atoms with Gasteiger partial charge in [0, 0.05) is 50.0 Å². The molecule has 3 aliphatic heterocycles. The van der Waals surface area contributed by atoms with Crippen LogP contribution in [0.4, 0.5) is 0 Å². The molecule has 1 atom stereocenters. The van der Waals surface area contributed by atoms with Gasteiger partial charge >= 0.3 is 0 Å². The van der Waals surface area contributed by atoms with Crippen molar-refractivity contribution >= 4 is 23.1 Å². The van der Waals surface area contributed by atoms with Gasteiger partial charge in [-0.05, 0) is 47.6 Å². The molecule has 5 heteroatoms. The molecule has 4 heterocycles. The van der Waals surface area contributed by atoms with Gasteiger partial charge in [0.15, 0.2) is 0 Å². The summed E-state index contributed by atoms with van der Waals surface area (Å²) >= 11 is 3.95. The minimum Gasteiger partial charge on any atom is -0.381 e. The Bertz CT molecular complexity index is 467. The van der Waals surface area contributed by atoms with E-state index in [4.69, 9.17) is 9.47 Å². The lowest BCUT2D eigenvalue weighted by Gasteiger charge is -2.47. The highest BCUT2D eigenvalue weighted by atomic mass is 32.2. The fourth-order valence-corrected chi connectivity index (χ4v) is 6.10. The maximum atomic E-state index is 6.22. The van der Waals surface area contributed by atoms with Crippen molar-refractivity contribution in [3.8, 4) is 0 Å². The molecule has 22 heavy (non-hydrogen) atoms. The molecule has 0 unspecified atom stereocenters. The molecule has 1 spiro atoms. The van der Waals surface area contributed by atoms with Crippen LogP contribution in [0.15, 0.2) is 16.8 Å². The third-order valence-corrected chi connectivity index (χ3v) is 7.40. The Kier molecular flexibility index (Phi) is 4.79. The van der Waals surface area contributed by atoms with Crippen LogP contribution in [-0.4, -0.2) is 54.4 Å². The number of rotatable bonds is 5. The summed E-state index contributed by atoms with van der Waals surface area (Å²) in [5.41, 5.74) is 1.47. The van der Waals surface area contributed by atoms with Crippen LogP contribution in [-0.2, 0) is 16.0 Å². The second-order valence-electron chi connectivity index (χ2n) is 6.99. The van der Waals surface area contributed by atoms with Gasteiger partial charge in [0.05, 0.1) is 6.10 Å². The normalized spacial score (nSPS) is 29.0. The fraction of sp³-hybridized carbons (Fsp3) is 0.765. The Hall–Kier alpha value is -0.0700. The Balaban J connectivity index is 1.18. The first-order valence-electron chi connectivity index (χ1n) is 8.38. The highest BCUT2D eigenvalue weighted by Gasteiger charge is 2.49. The van der Waals surface area contributed by atoms with E-state index >= 15 is 0 Å². The molecule has 3 aliphatic rings. The molecule has 0 saturated carbocycles. The van der Waals surface area contributed by atoms with Gasteiger partial charge in [0.1, 0.15) is 0 Å². The summed E-state index contributed by atoms with van der Waals surface area (Å²) in [6.07, 6.45) is 4.09. The van der Waals surface area contributed by atoms with E-state index in [2.05, 4.69) is 33.5 Å². The Morgan fingerprint density at radius 2 is 2.18 bits per heavy atom. The summed E-state index contributed by atoms with van der Waals surface area (Å²) in [7, 11) is 0. The maximum Gasteiger partial charge on any atom is 0.0680 e. The topological polar surface area (TPSA) is 21.7 Å². The minimum absolute atomic E-state index is 0.483. The first-order chi connectivity index (χ1) is 10.8. The highest BCUT2D eigenvalue weighted by molar-refractivity contribution is 8.01. The molecule has 0 N–H and O–H groups in total. The number of hydrogen-bond acceptors (Lipinski definition) is 5. The zero-order chi connectivity index (χ0) is 14.8. The predicted molar refractivity (Wildman–Crippen MR) is 92.7 cm³/mol. The van der Waals surface area contributed by atoms with Gasteiger partial charge in [-0.2, -0.15) is 11.3 Å². The van der Waals surface area contributed by atoms with Gasteiger partial charge in [0.2, 0.25) is 0 Å². The lowest BCUT2D eigenvalue weighted by molar-refractivity contribution is -0.0133. The minimum atomic E-state index is 0.483. The van der Waals surface area contributed by atoms with Gasteiger partial charge in [-0.3, -0.25) is 4.90 Å². The van der Waals surface area contributed by atoms with Crippen LogP contribution in [0.3, 0.4) is 0 Å². The van der Waals surface area contributed by atoms with E-state index in [1.807, 2.05) is 0 Å². The maximum absolute atomic E-state index is 6.22. The number of likely N-dealkylation sites (tertiary alicyclic amines) is 1. The molecule has 0 bridgehead atoms. The quantitative estimate of drug-likeness (QED) is 0.821. The van der Waals surface area contributed by atoms with Crippen molar-refractivity contribution in [3.05, 3.63) is 22.4 Å². The first-order valence-corrected chi connectivity index (χ1v) is 10.3. The SMILES string of the molecule is c1cc(CN2CC3(C[C@@H](OCC4CCOCC4)CS3)C2)cs1. The molecule has 3 fully saturated rings. The van der Waals surface area contributed by atoms with Gasteiger partial charge in [-0.1, -0.05) is 0 Å². The third-order valence-electron chi connectivity index (χ3n) is 5.09. The van der Waals surface area contributed by atoms with E-state index < -0.39 is 0 Å². The van der Waals surface area contributed by atoms with Crippen molar-refractivity contribution in [2.75, 3.05) is 38.7 Å². The Labute approximate surface area is 141 Å². The zero-order valence-corrected chi connectivity index (χ0v) is 14.7. The summed E-state index contributed by atoms with van der Waals surface area (Å²) in [5, 5.41) is 4.45. The van der Waals surface area contributed by atoms with Crippen LogP contribution in [0, 0.1) is 5.92 Å². The van der Waals surface area contributed by atoms with Crippen molar-refractivity contribution in [2.45, 2.75) is 36.7 Å². The molecule has 0 aromatic carbocycles. The summed E-state index contributed by atoms with van der Waals surface area (Å²) < 4.78 is 12.1. The van der Waals surface area contributed by atoms with Gasteiger partial charge < -0.3 is 9.47 Å². The Morgan fingerprint density at radius 3 is 2.95 bits per heavy atom. The molecule has 0 radical (unpaired) electrons. The summed E-state index contributed by atoms with van der Waals surface area (Å²) in [5.74, 6) is 1.92. The smallest absolute Gasteiger partial charge is 0.0680 e. The highest BCUT2D eigenvalue weighted by Crippen LogP contribution is 2.46. The van der Waals surface area contributed by atoms with Crippen LogP contribution in [0.25, 0.3) is 0 Å². The summed E-state index contributed by atoms with van der Waals surface area (Å²) in [6.45, 7) is 6.40. The number of ether oxygens (including phenoxy) is 2. The van der Waals surface area contributed by atoms with E-state index in [-0.39, 0.29) is 0 Å². The molecule has 0 aliphatic carbocycles. The van der Waals surface area contributed by atoms with E-state index in [9.17, 15) is 0 Å². The third kappa shape index (κ3) is 3.54. The monoisotopic (exact) mass is 339 g/mol. The van der Waals surface area contributed by atoms with Crippen LogP contribution < -0.4 is 0 Å². The predicted octanol–water partition coefficient (Wildman–Crippen LogP) is 3.25. The van der Waals surface area contributed by atoms with Crippen molar-refractivity contribution in [1.82, 2.24) is 4.90 Å². The molecule has 3 saturated heterocycles. The number of nitrogens with zero attached hydrogens (tertiary/aromatic N) is 1. The molecule has 4 rings (SSSR count). The van der Waals surface area contributed by atoms with Crippen molar-refractivity contribution in [3.63, 3.8) is 0 Å². The van der Waals surface area contributed by atoms with E-state index in [0.717, 1.165) is 32.3 Å². The van der Waals surface area contributed by atoms with Gasteiger partial charge in [0.25, 0.3) is 0 Å². The molecular weight excluding hydrogens is 314 g/mol. The number of thiophene rings is 1. The van der Waals surface area contributed by atoms with Gasteiger partial charge in [-0.25, -0.2) is 0 Å². The second-order valence-corrected chi connectivity index (χ2v) is 9.25. The van der Waals surface area contributed by atoms with Crippen LogP contribution in [0.1, 0.15) is 24.8 Å². The molecule has 1 aromatic heterocycles. The number of hydrogen-bond donors (Lipinski definition) is 0. The summed E-state index contributed by atoms with van der Waals surface area (Å²) in [6, 6.07) is 2.25. The Morgan fingerprint density at radius 1 is 1.32 bits per heavy atom. The van der Waals surface area contributed by atoms with Crippen molar-refractivity contribution in [1.29, 1.82) is 0 Å². The largest absolute Gasteiger partial charge is 0.381 e. The van der Waals surface area contributed by atoms with E-state index in [1.54, 1.807) is 11.3 Å². The lowest BCUT2D eigenvalue weighted by atomic mass is 9.92. The first kappa shape index (κ1) is 15.5. The van der Waals surface area contributed by atoms with Crippen LogP contribution in [0.2, 0.25) is 0 Å².